The lowest BCUT2D eigenvalue weighted by Gasteiger charge is -2.47. The molecule has 1 aromatic carbocycles. The minimum atomic E-state index is -4.48. The number of fused-ring (bicyclic) bond motifs is 1. The minimum Gasteiger partial charge on any atom is -0.362 e. The molecule has 3 fully saturated rings. The Morgan fingerprint density at radius 1 is 1.00 bits per heavy atom. The Hall–Kier alpha value is -3.08. The van der Waals surface area contributed by atoms with Gasteiger partial charge in [-0.3, -0.25) is 24.2 Å². The van der Waals surface area contributed by atoms with Crippen molar-refractivity contribution >= 4 is 34.3 Å². The quantitative estimate of drug-likeness (QED) is 0.579. The number of benzene rings is 1. The Balaban J connectivity index is 1.08. The Labute approximate surface area is 206 Å². The number of hydrogen-bond acceptors (Lipinski definition) is 7. The molecule has 11 heteroatoms. The second-order valence-corrected chi connectivity index (χ2v) is 9.99. The number of carbonyl (C=O) groups excluding carboxylic acids is 3. The minimum absolute atomic E-state index is 0.0120. The van der Waals surface area contributed by atoms with E-state index < -0.39 is 11.7 Å². The number of ketones is 1. The van der Waals surface area contributed by atoms with E-state index in [1.54, 1.807) is 0 Å². The predicted octanol–water partition coefficient (Wildman–Crippen LogP) is 3.41. The molecule has 2 aromatic rings. The molecule has 0 unspecified atom stereocenters. The molecular formula is C25H28F3N5O3. The maximum absolute atomic E-state index is 13.1. The molecule has 0 bridgehead atoms. The van der Waals surface area contributed by atoms with Crippen LogP contribution in [0, 0.1) is 5.92 Å². The number of amides is 2. The molecule has 2 aliphatic heterocycles. The van der Waals surface area contributed by atoms with E-state index in [2.05, 4.69) is 20.2 Å². The van der Waals surface area contributed by atoms with Gasteiger partial charge in [0.2, 0.25) is 11.8 Å². The second kappa shape index (κ2) is 9.76. The van der Waals surface area contributed by atoms with E-state index in [1.807, 2.05) is 0 Å². The molecule has 2 amide bonds. The number of aromatic nitrogens is 2. The number of likely N-dealkylation sites (tertiary alicyclic amines) is 2. The Morgan fingerprint density at radius 3 is 2.33 bits per heavy atom. The second-order valence-electron chi connectivity index (χ2n) is 9.99. The number of carbonyl (C=O) groups is 3. The SMILES string of the molecule is O=C(CNc1ncnc2ccc(C(F)(F)F)cc12)CC1CN(C2CCC(N3C(=O)CCC3=O)CC2)C1. The number of anilines is 1. The summed E-state index contributed by atoms with van der Waals surface area (Å²) in [4.78, 5) is 48.4. The van der Waals surface area contributed by atoms with Crippen LogP contribution in [0.2, 0.25) is 0 Å². The molecule has 3 heterocycles. The van der Waals surface area contributed by atoms with Gasteiger partial charge in [0.15, 0.2) is 5.78 Å². The molecule has 8 nitrogen and oxygen atoms in total. The standard InChI is InChI=1S/C25H28F3N5O3/c26-25(27,28)16-1-6-21-20(10-16)24(31-14-30-21)29-11-19(34)9-15-12-32(13-15)17-2-4-18(5-3-17)33-22(35)7-8-23(33)36/h1,6,10,14-15,17-18H,2-5,7-9,11-13H2,(H,29,30,31). The number of halogens is 3. The summed E-state index contributed by atoms with van der Waals surface area (Å²) < 4.78 is 39.3. The molecule has 5 rings (SSSR count). The molecule has 1 aromatic heterocycles. The maximum atomic E-state index is 13.1. The van der Waals surface area contributed by atoms with Crippen molar-refractivity contribution in [2.45, 2.75) is 63.2 Å². The Morgan fingerprint density at radius 2 is 1.67 bits per heavy atom. The monoisotopic (exact) mass is 503 g/mol. The van der Waals surface area contributed by atoms with Gasteiger partial charge in [-0.15, -0.1) is 0 Å². The zero-order chi connectivity index (χ0) is 25.4. The van der Waals surface area contributed by atoms with Crippen molar-refractivity contribution in [3.63, 3.8) is 0 Å². The van der Waals surface area contributed by atoms with Crippen molar-refractivity contribution < 1.29 is 27.6 Å². The molecule has 36 heavy (non-hydrogen) atoms. The number of alkyl halides is 3. The molecule has 1 N–H and O–H groups in total. The molecule has 1 saturated carbocycles. The summed E-state index contributed by atoms with van der Waals surface area (Å²) in [5, 5.41) is 3.12. The molecule has 0 spiro atoms. The van der Waals surface area contributed by atoms with E-state index in [4.69, 9.17) is 0 Å². The van der Waals surface area contributed by atoms with E-state index in [-0.39, 0.29) is 47.3 Å². The first kappa shape index (κ1) is 24.6. The number of nitrogens with zero attached hydrogens (tertiary/aromatic N) is 4. The number of rotatable bonds is 7. The number of imide groups is 1. The summed E-state index contributed by atoms with van der Waals surface area (Å²) in [5.74, 6) is 0.345. The lowest BCUT2D eigenvalue weighted by molar-refractivity contribution is -0.142. The van der Waals surface area contributed by atoms with Crippen LogP contribution in [0.15, 0.2) is 24.5 Å². The van der Waals surface area contributed by atoms with Gasteiger partial charge in [-0.1, -0.05) is 0 Å². The van der Waals surface area contributed by atoms with E-state index in [1.165, 1.54) is 17.3 Å². The molecule has 3 aliphatic rings. The van der Waals surface area contributed by atoms with Crippen LogP contribution in [-0.2, 0) is 20.6 Å². The fourth-order valence-corrected chi connectivity index (χ4v) is 5.67. The molecule has 192 valence electrons. The number of hydrogen-bond donors (Lipinski definition) is 1. The van der Waals surface area contributed by atoms with Gasteiger partial charge in [0.1, 0.15) is 12.1 Å². The third-order valence-electron chi connectivity index (χ3n) is 7.56. The van der Waals surface area contributed by atoms with Gasteiger partial charge in [0, 0.05) is 49.8 Å². The van der Waals surface area contributed by atoms with Crippen LogP contribution in [0.5, 0.6) is 0 Å². The van der Waals surface area contributed by atoms with Gasteiger partial charge < -0.3 is 5.32 Å². The zero-order valence-corrected chi connectivity index (χ0v) is 19.8. The van der Waals surface area contributed by atoms with Crippen LogP contribution in [0.1, 0.15) is 50.5 Å². The lowest BCUT2D eigenvalue weighted by atomic mass is 9.84. The number of Topliss-reactive ketones (excluding diaryl/α,β-unsaturated/α-hetero) is 1. The van der Waals surface area contributed by atoms with Gasteiger partial charge in [-0.2, -0.15) is 13.2 Å². The first-order valence-corrected chi connectivity index (χ1v) is 12.4. The molecule has 0 radical (unpaired) electrons. The summed E-state index contributed by atoms with van der Waals surface area (Å²) in [6, 6.07) is 3.71. The summed E-state index contributed by atoms with van der Waals surface area (Å²) >= 11 is 0. The highest BCUT2D eigenvalue weighted by molar-refractivity contribution is 6.02. The summed E-state index contributed by atoms with van der Waals surface area (Å²) in [7, 11) is 0. The van der Waals surface area contributed by atoms with E-state index >= 15 is 0 Å². The van der Waals surface area contributed by atoms with E-state index in [0.29, 0.717) is 30.8 Å². The Bertz CT molecular complexity index is 1160. The third kappa shape index (κ3) is 5.07. The molecular weight excluding hydrogens is 475 g/mol. The number of nitrogens with one attached hydrogen (secondary N) is 1. The van der Waals surface area contributed by atoms with Crippen molar-refractivity contribution in [3.05, 3.63) is 30.1 Å². The van der Waals surface area contributed by atoms with Gasteiger partial charge in [-0.25, -0.2) is 9.97 Å². The fourth-order valence-electron chi connectivity index (χ4n) is 5.67. The predicted molar refractivity (Wildman–Crippen MR) is 125 cm³/mol. The van der Waals surface area contributed by atoms with Gasteiger partial charge in [0.05, 0.1) is 17.6 Å². The highest BCUT2D eigenvalue weighted by atomic mass is 19.4. The summed E-state index contributed by atoms with van der Waals surface area (Å²) in [6.45, 7) is 1.64. The van der Waals surface area contributed by atoms with Gasteiger partial charge in [0.25, 0.3) is 0 Å². The largest absolute Gasteiger partial charge is 0.416 e. The van der Waals surface area contributed by atoms with Gasteiger partial charge >= 0.3 is 6.18 Å². The van der Waals surface area contributed by atoms with Crippen LogP contribution >= 0.6 is 0 Å². The van der Waals surface area contributed by atoms with Crippen molar-refractivity contribution in [2.75, 3.05) is 25.0 Å². The van der Waals surface area contributed by atoms with Crippen LogP contribution in [0.4, 0.5) is 19.0 Å². The van der Waals surface area contributed by atoms with E-state index in [9.17, 15) is 27.6 Å². The van der Waals surface area contributed by atoms with Gasteiger partial charge in [-0.05, 0) is 49.8 Å². The fraction of sp³-hybridized carbons (Fsp3) is 0.560. The average molecular weight is 504 g/mol. The zero-order valence-electron chi connectivity index (χ0n) is 19.8. The topological polar surface area (TPSA) is 95.5 Å². The summed E-state index contributed by atoms with van der Waals surface area (Å²) in [5.41, 5.74) is -0.419. The first-order chi connectivity index (χ1) is 17.2. The van der Waals surface area contributed by atoms with Crippen molar-refractivity contribution in [1.82, 2.24) is 19.8 Å². The molecule has 1 aliphatic carbocycles. The van der Waals surface area contributed by atoms with Crippen LogP contribution in [0.3, 0.4) is 0 Å². The summed E-state index contributed by atoms with van der Waals surface area (Å²) in [6.07, 6.45) is 1.37. The lowest BCUT2D eigenvalue weighted by Crippen LogP contribution is -2.55. The third-order valence-corrected chi connectivity index (χ3v) is 7.56. The van der Waals surface area contributed by atoms with Crippen LogP contribution < -0.4 is 5.32 Å². The Kier molecular flexibility index (Phi) is 6.67. The highest BCUT2D eigenvalue weighted by Gasteiger charge is 2.40. The molecule has 0 atom stereocenters. The maximum Gasteiger partial charge on any atom is 0.416 e. The van der Waals surface area contributed by atoms with E-state index in [0.717, 1.165) is 50.9 Å². The van der Waals surface area contributed by atoms with Crippen LogP contribution in [0.25, 0.3) is 10.9 Å². The average Bonchev–Trinajstić information content (AvgIpc) is 3.16. The highest BCUT2D eigenvalue weighted by Crippen LogP contribution is 2.34. The van der Waals surface area contributed by atoms with Crippen LogP contribution in [-0.4, -0.2) is 69.1 Å². The normalized spacial score (nSPS) is 23.8. The molecule has 2 saturated heterocycles. The van der Waals surface area contributed by atoms with Crippen molar-refractivity contribution in [1.29, 1.82) is 0 Å². The first-order valence-electron chi connectivity index (χ1n) is 12.4. The smallest absolute Gasteiger partial charge is 0.362 e. The van der Waals surface area contributed by atoms with Crippen molar-refractivity contribution in [2.24, 2.45) is 5.92 Å². The van der Waals surface area contributed by atoms with Crippen molar-refractivity contribution in [3.8, 4) is 0 Å².